The Kier molecular flexibility index (Phi) is 7.41. The maximum Gasteiger partial charge on any atom is 0.319 e. The van der Waals surface area contributed by atoms with E-state index in [4.69, 9.17) is 25.8 Å². The lowest BCUT2D eigenvalue weighted by Crippen LogP contribution is -2.30. The minimum absolute atomic E-state index is 0.300. The maximum atomic E-state index is 12.0. The number of anilines is 1. The van der Waals surface area contributed by atoms with Crippen molar-refractivity contribution < 1.29 is 19.0 Å². The Morgan fingerprint density at radius 1 is 1.04 bits per heavy atom. The summed E-state index contributed by atoms with van der Waals surface area (Å²) in [6.07, 6.45) is 0.664. The van der Waals surface area contributed by atoms with Crippen molar-refractivity contribution in [3.8, 4) is 17.2 Å². The highest BCUT2D eigenvalue weighted by atomic mass is 35.5. The Morgan fingerprint density at radius 3 is 2.42 bits per heavy atom. The summed E-state index contributed by atoms with van der Waals surface area (Å²) in [4.78, 5) is 12.0. The fourth-order valence-corrected chi connectivity index (χ4v) is 2.62. The second-order valence-corrected chi connectivity index (χ2v) is 5.81. The molecule has 7 heteroatoms. The standard InChI is InChI=1S/C19H23ClN2O4/c1-4-26-16-8-6-14(12-15(16)20)22-19(23)21-10-9-13-5-7-17(24-2)18(11-13)25-3/h5-8,11-12H,4,9-10H2,1-3H3,(H2,21,22,23). The van der Waals surface area contributed by atoms with Gasteiger partial charge in [0.05, 0.1) is 25.8 Å². The van der Waals surface area contributed by atoms with Gasteiger partial charge in [0, 0.05) is 12.2 Å². The molecule has 2 aromatic carbocycles. The number of halogens is 1. The van der Waals surface area contributed by atoms with Gasteiger partial charge in [0.1, 0.15) is 5.75 Å². The van der Waals surface area contributed by atoms with Gasteiger partial charge in [0.2, 0.25) is 0 Å². The largest absolute Gasteiger partial charge is 0.493 e. The molecule has 0 aliphatic rings. The Balaban J connectivity index is 1.84. The summed E-state index contributed by atoms with van der Waals surface area (Å²) in [6, 6.07) is 10.5. The van der Waals surface area contributed by atoms with E-state index in [9.17, 15) is 4.79 Å². The van der Waals surface area contributed by atoms with Crippen LogP contribution in [0.2, 0.25) is 5.02 Å². The first-order chi connectivity index (χ1) is 12.6. The van der Waals surface area contributed by atoms with Crippen molar-refractivity contribution in [2.75, 3.05) is 32.7 Å². The van der Waals surface area contributed by atoms with Gasteiger partial charge in [-0.1, -0.05) is 17.7 Å². The summed E-state index contributed by atoms with van der Waals surface area (Å²) in [6.45, 7) is 2.89. The third-order valence-corrected chi connectivity index (χ3v) is 3.93. The zero-order valence-corrected chi connectivity index (χ0v) is 15.9. The number of nitrogens with one attached hydrogen (secondary N) is 2. The number of urea groups is 1. The molecule has 0 spiro atoms. The SMILES string of the molecule is CCOc1ccc(NC(=O)NCCc2ccc(OC)c(OC)c2)cc1Cl. The van der Waals surface area contributed by atoms with Crippen LogP contribution >= 0.6 is 11.6 Å². The lowest BCUT2D eigenvalue weighted by molar-refractivity contribution is 0.252. The highest BCUT2D eigenvalue weighted by Crippen LogP contribution is 2.28. The van der Waals surface area contributed by atoms with E-state index >= 15 is 0 Å². The van der Waals surface area contributed by atoms with Crippen molar-refractivity contribution in [2.24, 2.45) is 0 Å². The summed E-state index contributed by atoms with van der Waals surface area (Å²) >= 11 is 6.11. The minimum atomic E-state index is -0.300. The molecule has 6 nitrogen and oxygen atoms in total. The molecular weight excluding hydrogens is 356 g/mol. The molecule has 0 radical (unpaired) electrons. The van der Waals surface area contributed by atoms with Crippen LogP contribution < -0.4 is 24.8 Å². The third-order valence-electron chi connectivity index (χ3n) is 3.64. The number of benzene rings is 2. The molecule has 2 aromatic rings. The smallest absolute Gasteiger partial charge is 0.319 e. The van der Waals surface area contributed by atoms with E-state index in [0.29, 0.717) is 47.5 Å². The molecule has 0 atom stereocenters. The van der Waals surface area contributed by atoms with Crippen LogP contribution in [0.3, 0.4) is 0 Å². The fraction of sp³-hybridized carbons (Fsp3) is 0.316. The van der Waals surface area contributed by atoms with Crippen LogP contribution in [0.4, 0.5) is 10.5 Å². The third kappa shape index (κ3) is 5.46. The first-order valence-corrected chi connectivity index (χ1v) is 8.63. The van der Waals surface area contributed by atoms with Gasteiger partial charge in [-0.2, -0.15) is 0 Å². The number of carbonyl (C=O) groups is 1. The number of carbonyl (C=O) groups excluding carboxylic acids is 1. The number of hydrogen-bond donors (Lipinski definition) is 2. The van der Waals surface area contributed by atoms with Gasteiger partial charge in [0.15, 0.2) is 11.5 Å². The van der Waals surface area contributed by atoms with E-state index < -0.39 is 0 Å². The van der Waals surface area contributed by atoms with Crippen molar-refractivity contribution in [1.29, 1.82) is 0 Å². The molecule has 2 N–H and O–H groups in total. The Morgan fingerprint density at radius 2 is 1.77 bits per heavy atom. The first kappa shape index (κ1) is 19.7. The average molecular weight is 379 g/mol. The van der Waals surface area contributed by atoms with Gasteiger partial charge in [-0.05, 0) is 49.2 Å². The topological polar surface area (TPSA) is 68.8 Å². The average Bonchev–Trinajstić information content (AvgIpc) is 2.64. The molecule has 0 bridgehead atoms. The highest BCUT2D eigenvalue weighted by Gasteiger charge is 2.07. The molecule has 0 aromatic heterocycles. The van der Waals surface area contributed by atoms with Crippen LogP contribution in [0.15, 0.2) is 36.4 Å². The molecule has 26 heavy (non-hydrogen) atoms. The van der Waals surface area contributed by atoms with E-state index in [2.05, 4.69) is 10.6 Å². The molecule has 0 unspecified atom stereocenters. The van der Waals surface area contributed by atoms with Crippen molar-refractivity contribution in [3.63, 3.8) is 0 Å². The van der Waals surface area contributed by atoms with Crippen molar-refractivity contribution in [3.05, 3.63) is 47.0 Å². The molecule has 2 rings (SSSR count). The zero-order valence-electron chi connectivity index (χ0n) is 15.1. The number of ether oxygens (including phenoxy) is 3. The fourth-order valence-electron chi connectivity index (χ4n) is 2.38. The van der Waals surface area contributed by atoms with Crippen LogP contribution in [-0.2, 0) is 6.42 Å². The molecule has 140 valence electrons. The van der Waals surface area contributed by atoms with E-state index in [1.807, 2.05) is 25.1 Å². The molecule has 0 heterocycles. The van der Waals surface area contributed by atoms with Crippen LogP contribution in [0.5, 0.6) is 17.2 Å². The highest BCUT2D eigenvalue weighted by molar-refractivity contribution is 6.32. The van der Waals surface area contributed by atoms with Crippen molar-refractivity contribution in [2.45, 2.75) is 13.3 Å². The van der Waals surface area contributed by atoms with Crippen LogP contribution in [-0.4, -0.2) is 33.4 Å². The van der Waals surface area contributed by atoms with Gasteiger partial charge in [-0.3, -0.25) is 0 Å². The Labute approximate surface area is 158 Å². The molecule has 0 saturated heterocycles. The Bertz CT molecular complexity index is 752. The molecule has 0 saturated carbocycles. The molecule has 2 amide bonds. The quantitative estimate of drug-likeness (QED) is 0.725. The molecule has 0 aliphatic carbocycles. The maximum absolute atomic E-state index is 12.0. The summed E-state index contributed by atoms with van der Waals surface area (Å²) in [5, 5.41) is 6.01. The summed E-state index contributed by atoms with van der Waals surface area (Å²) in [7, 11) is 3.19. The van der Waals surface area contributed by atoms with Gasteiger partial charge >= 0.3 is 6.03 Å². The Hall–Kier alpha value is -2.60. The predicted molar refractivity (Wildman–Crippen MR) is 103 cm³/mol. The van der Waals surface area contributed by atoms with Gasteiger partial charge in [-0.15, -0.1) is 0 Å². The number of methoxy groups -OCH3 is 2. The van der Waals surface area contributed by atoms with E-state index in [1.165, 1.54) is 0 Å². The second kappa shape index (κ2) is 9.77. The predicted octanol–water partition coefficient (Wildman–Crippen LogP) is 4.12. The molecule has 0 fully saturated rings. The summed E-state index contributed by atoms with van der Waals surface area (Å²) in [5.41, 5.74) is 1.63. The lowest BCUT2D eigenvalue weighted by atomic mass is 10.1. The van der Waals surface area contributed by atoms with Crippen LogP contribution in [0.1, 0.15) is 12.5 Å². The van der Waals surface area contributed by atoms with E-state index in [1.54, 1.807) is 32.4 Å². The van der Waals surface area contributed by atoms with Crippen LogP contribution in [0.25, 0.3) is 0 Å². The van der Waals surface area contributed by atoms with Crippen molar-refractivity contribution in [1.82, 2.24) is 5.32 Å². The minimum Gasteiger partial charge on any atom is -0.493 e. The first-order valence-electron chi connectivity index (χ1n) is 8.25. The van der Waals surface area contributed by atoms with Gasteiger partial charge in [-0.25, -0.2) is 4.79 Å². The van der Waals surface area contributed by atoms with Crippen molar-refractivity contribution >= 4 is 23.3 Å². The number of amides is 2. The normalized spacial score (nSPS) is 10.2. The number of hydrogen-bond acceptors (Lipinski definition) is 4. The number of rotatable bonds is 8. The van der Waals surface area contributed by atoms with Gasteiger partial charge < -0.3 is 24.8 Å². The van der Waals surface area contributed by atoms with Crippen LogP contribution in [0, 0.1) is 0 Å². The van der Waals surface area contributed by atoms with Gasteiger partial charge in [0.25, 0.3) is 0 Å². The zero-order chi connectivity index (χ0) is 18.9. The second-order valence-electron chi connectivity index (χ2n) is 5.40. The lowest BCUT2D eigenvalue weighted by Gasteiger charge is -2.11. The molecular formula is C19H23ClN2O4. The van der Waals surface area contributed by atoms with E-state index in [-0.39, 0.29) is 6.03 Å². The molecule has 0 aliphatic heterocycles. The summed E-state index contributed by atoms with van der Waals surface area (Å²) in [5.74, 6) is 1.93. The summed E-state index contributed by atoms with van der Waals surface area (Å²) < 4.78 is 15.8. The monoisotopic (exact) mass is 378 g/mol. The van der Waals surface area contributed by atoms with E-state index in [0.717, 1.165) is 5.56 Å².